The van der Waals surface area contributed by atoms with Crippen molar-refractivity contribution in [2.75, 3.05) is 0 Å². The summed E-state index contributed by atoms with van der Waals surface area (Å²) in [5.41, 5.74) is -0.0504. The number of carbonyl (C=O) groups excluding carboxylic acids is 1. The summed E-state index contributed by atoms with van der Waals surface area (Å²) in [6.45, 7) is 5.54. The van der Waals surface area contributed by atoms with Crippen LogP contribution in [0, 0.1) is 5.92 Å². The third-order valence-electron chi connectivity index (χ3n) is 4.34. The number of carbonyl (C=O) groups is 2. The highest BCUT2D eigenvalue weighted by Gasteiger charge is 2.43. The van der Waals surface area contributed by atoms with E-state index < -0.39 is 11.5 Å². The number of aromatic carboxylic acids is 1. The Hall–Kier alpha value is -2.80. The largest absolute Gasteiger partial charge is 0.478 e. The maximum Gasteiger partial charge on any atom is 0.338 e. The van der Waals surface area contributed by atoms with Crippen molar-refractivity contribution in [2.45, 2.75) is 26.3 Å². The molecule has 1 aromatic carbocycles. The summed E-state index contributed by atoms with van der Waals surface area (Å²) in [5.74, 6) is -1.15. The molecule has 0 radical (unpaired) electrons. The Morgan fingerprint density at radius 3 is 2.54 bits per heavy atom. The first-order chi connectivity index (χ1) is 10.8. The van der Waals surface area contributed by atoms with Crippen molar-refractivity contribution < 1.29 is 14.7 Å². The highest BCUT2D eigenvalue weighted by molar-refractivity contribution is 6.18. The Bertz CT molecular complexity index is 860. The van der Waals surface area contributed by atoms with Gasteiger partial charge in [-0.05, 0) is 25.0 Å². The Kier molecular flexibility index (Phi) is 4.40. The second kappa shape index (κ2) is 6.01. The molecule has 0 saturated carbocycles. The van der Waals surface area contributed by atoms with E-state index in [1.807, 2.05) is 26.0 Å². The van der Waals surface area contributed by atoms with Gasteiger partial charge in [-0.2, -0.15) is 0 Å². The zero-order valence-electron chi connectivity index (χ0n) is 13.8. The predicted octanol–water partition coefficient (Wildman–Crippen LogP) is 2.39. The molecule has 2 aromatic rings. The summed E-state index contributed by atoms with van der Waals surface area (Å²) in [4.78, 5) is 32.7. The fourth-order valence-corrected chi connectivity index (χ4v) is 2.51. The lowest BCUT2D eigenvalue weighted by Crippen LogP contribution is -2.41. The number of aliphatic imine (C=N–C) groups is 1. The minimum atomic E-state index is -1.10. The van der Waals surface area contributed by atoms with Crippen molar-refractivity contribution in [3.8, 4) is 0 Å². The second-order valence-electron chi connectivity index (χ2n) is 6.10. The molecular formula is C17H20N4O3. The van der Waals surface area contributed by atoms with Crippen molar-refractivity contribution in [3.05, 3.63) is 41.6 Å². The third kappa shape index (κ3) is 2.63. The van der Waals surface area contributed by atoms with Crippen LogP contribution in [0.2, 0.25) is 0 Å². The van der Waals surface area contributed by atoms with Crippen molar-refractivity contribution >= 4 is 28.6 Å². The number of rotatable bonds is 3. The van der Waals surface area contributed by atoms with E-state index in [-0.39, 0.29) is 35.1 Å². The van der Waals surface area contributed by atoms with E-state index in [4.69, 9.17) is 0 Å². The standard InChI is InChI=1S/C17H17N3O3.H3N/c1-9(2)17(3)16(23)19-14(20-17)13-11(15(21)22)8-10-6-4-5-7-12(10)18-13;/h4-9H,1-3H3,(H,21,22)(H,19,20,23);1H3. The molecule has 7 heteroatoms. The van der Waals surface area contributed by atoms with Crippen LogP contribution >= 0.6 is 0 Å². The van der Waals surface area contributed by atoms with Crippen molar-refractivity contribution in [1.82, 2.24) is 16.5 Å². The van der Waals surface area contributed by atoms with Crippen LogP contribution in [0.1, 0.15) is 36.8 Å². The number of hydrogen-bond donors (Lipinski definition) is 3. The SMILES string of the molecule is CC(C)C1(C)N=C(c2nc3ccccc3cc2C(=O)O)NC1=O.N. The van der Waals surface area contributed by atoms with Gasteiger partial charge in [-0.15, -0.1) is 0 Å². The first-order valence-corrected chi connectivity index (χ1v) is 7.37. The maximum absolute atomic E-state index is 12.3. The monoisotopic (exact) mass is 328 g/mol. The molecule has 1 aliphatic heterocycles. The number of para-hydroxylation sites is 1. The van der Waals surface area contributed by atoms with Crippen LogP contribution in [0.5, 0.6) is 0 Å². The van der Waals surface area contributed by atoms with Crippen LogP contribution in [0.25, 0.3) is 10.9 Å². The van der Waals surface area contributed by atoms with Gasteiger partial charge in [0.2, 0.25) is 0 Å². The Balaban J connectivity index is 0.00000208. The second-order valence-corrected chi connectivity index (χ2v) is 6.10. The first-order valence-electron chi connectivity index (χ1n) is 7.37. The molecule has 126 valence electrons. The molecule has 3 rings (SSSR count). The number of nitrogens with one attached hydrogen (secondary N) is 1. The topological polar surface area (TPSA) is 127 Å². The van der Waals surface area contributed by atoms with Crippen LogP contribution in [0.3, 0.4) is 0 Å². The third-order valence-corrected chi connectivity index (χ3v) is 4.34. The lowest BCUT2D eigenvalue weighted by molar-refractivity contribution is -0.124. The molecule has 7 nitrogen and oxygen atoms in total. The summed E-state index contributed by atoms with van der Waals surface area (Å²) < 4.78 is 0. The van der Waals surface area contributed by atoms with E-state index in [0.717, 1.165) is 5.39 Å². The van der Waals surface area contributed by atoms with Gasteiger partial charge in [0.15, 0.2) is 5.84 Å². The molecule has 1 atom stereocenters. The molecular weight excluding hydrogens is 308 g/mol. The molecule has 2 heterocycles. The fraction of sp³-hybridized carbons (Fsp3) is 0.294. The van der Waals surface area contributed by atoms with E-state index in [1.165, 1.54) is 0 Å². The molecule has 1 unspecified atom stereocenters. The zero-order chi connectivity index (χ0) is 16.8. The number of amidine groups is 1. The number of nitrogens with zero attached hydrogens (tertiary/aromatic N) is 2. The minimum Gasteiger partial charge on any atom is -0.478 e. The van der Waals surface area contributed by atoms with Gasteiger partial charge in [0.25, 0.3) is 5.91 Å². The number of benzene rings is 1. The number of hydrogen-bond acceptors (Lipinski definition) is 5. The lowest BCUT2D eigenvalue weighted by atomic mass is 9.89. The predicted molar refractivity (Wildman–Crippen MR) is 91.6 cm³/mol. The summed E-state index contributed by atoms with van der Waals surface area (Å²) >= 11 is 0. The van der Waals surface area contributed by atoms with Crippen molar-refractivity contribution in [1.29, 1.82) is 0 Å². The molecule has 1 aliphatic rings. The molecule has 0 fully saturated rings. The number of aromatic nitrogens is 1. The van der Waals surface area contributed by atoms with Gasteiger partial charge >= 0.3 is 5.97 Å². The number of amides is 1. The van der Waals surface area contributed by atoms with Gasteiger partial charge in [0.1, 0.15) is 11.2 Å². The molecule has 1 aromatic heterocycles. The summed E-state index contributed by atoms with van der Waals surface area (Å²) in [6, 6.07) is 8.79. The summed E-state index contributed by atoms with van der Waals surface area (Å²) in [7, 11) is 0. The smallest absolute Gasteiger partial charge is 0.338 e. The van der Waals surface area contributed by atoms with Crippen LogP contribution in [0.15, 0.2) is 35.3 Å². The average molecular weight is 328 g/mol. The van der Waals surface area contributed by atoms with E-state index in [2.05, 4.69) is 15.3 Å². The van der Waals surface area contributed by atoms with Crippen molar-refractivity contribution in [2.24, 2.45) is 10.9 Å². The molecule has 0 spiro atoms. The van der Waals surface area contributed by atoms with Gasteiger partial charge in [0.05, 0.1) is 11.1 Å². The molecule has 0 bridgehead atoms. The van der Waals surface area contributed by atoms with E-state index >= 15 is 0 Å². The highest BCUT2D eigenvalue weighted by Crippen LogP contribution is 2.28. The quantitative estimate of drug-likeness (QED) is 0.797. The lowest BCUT2D eigenvalue weighted by Gasteiger charge is -2.21. The number of carboxylic acid groups (broad SMARTS) is 1. The van der Waals surface area contributed by atoms with E-state index in [1.54, 1.807) is 25.1 Å². The normalized spacial score (nSPS) is 19.8. The van der Waals surface area contributed by atoms with E-state index in [0.29, 0.717) is 5.52 Å². The van der Waals surface area contributed by atoms with Crippen LogP contribution in [-0.4, -0.2) is 33.3 Å². The fourth-order valence-electron chi connectivity index (χ4n) is 2.51. The van der Waals surface area contributed by atoms with Gasteiger partial charge in [-0.25, -0.2) is 14.8 Å². The molecule has 0 saturated heterocycles. The Morgan fingerprint density at radius 1 is 1.29 bits per heavy atom. The highest BCUT2D eigenvalue weighted by atomic mass is 16.4. The Morgan fingerprint density at radius 2 is 1.96 bits per heavy atom. The molecule has 24 heavy (non-hydrogen) atoms. The first kappa shape index (κ1) is 17.6. The maximum atomic E-state index is 12.3. The van der Waals surface area contributed by atoms with Gasteiger partial charge in [-0.3, -0.25) is 4.79 Å². The molecule has 5 N–H and O–H groups in total. The van der Waals surface area contributed by atoms with E-state index in [9.17, 15) is 14.7 Å². The zero-order valence-corrected chi connectivity index (χ0v) is 13.8. The van der Waals surface area contributed by atoms with Crippen LogP contribution < -0.4 is 11.5 Å². The molecule has 1 amide bonds. The molecule has 0 aliphatic carbocycles. The number of fused-ring (bicyclic) bond motifs is 1. The van der Waals surface area contributed by atoms with Gasteiger partial charge < -0.3 is 16.6 Å². The minimum absolute atomic E-state index is 0. The van der Waals surface area contributed by atoms with Crippen LogP contribution in [-0.2, 0) is 4.79 Å². The number of carboxylic acids is 1. The summed E-state index contributed by atoms with van der Waals surface area (Å²) in [5, 5.41) is 12.9. The average Bonchev–Trinajstić information content (AvgIpc) is 2.82. The number of pyridine rings is 1. The van der Waals surface area contributed by atoms with Gasteiger partial charge in [0, 0.05) is 5.39 Å². The summed E-state index contributed by atoms with van der Waals surface area (Å²) in [6.07, 6.45) is 0. The van der Waals surface area contributed by atoms with Crippen molar-refractivity contribution in [3.63, 3.8) is 0 Å². The van der Waals surface area contributed by atoms with Crippen LogP contribution in [0.4, 0.5) is 0 Å². The van der Waals surface area contributed by atoms with Gasteiger partial charge in [-0.1, -0.05) is 32.0 Å². The Labute approximate surface area is 139 Å².